The molecule has 1 unspecified atom stereocenters. The number of hydrogen-bond donors (Lipinski definition) is 1. The summed E-state index contributed by atoms with van der Waals surface area (Å²) in [5.74, 6) is -0.0350. The molecule has 0 aliphatic carbocycles. The normalized spacial score (nSPS) is 16.7. The molecule has 0 spiro atoms. The molecule has 4 rings (SSSR count). The fourth-order valence-electron chi connectivity index (χ4n) is 2.99. The van der Waals surface area contributed by atoms with Crippen LogP contribution in [0.3, 0.4) is 0 Å². The first kappa shape index (κ1) is 14.2. The number of rotatable bonds is 3. The molecular formula is C19H16N2OS. The summed E-state index contributed by atoms with van der Waals surface area (Å²) < 4.78 is 0. The Balaban J connectivity index is 1.72. The maximum Gasteiger partial charge on any atom is 0.248 e. The van der Waals surface area contributed by atoms with E-state index in [0.717, 1.165) is 22.4 Å². The molecule has 1 aliphatic rings. The van der Waals surface area contributed by atoms with Gasteiger partial charge in [0, 0.05) is 16.1 Å². The number of nitrogens with two attached hydrogens (primary N) is 1. The summed E-state index contributed by atoms with van der Waals surface area (Å²) in [5.41, 5.74) is 10.2. The summed E-state index contributed by atoms with van der Waals surface area (Å²) in [7, 11) is 0. The van der Waals surface area contributed by atoms with E-state index in [2.05, 4.69) is 23.6 Å². The van der Waals surface area contributed by atoms with Gasteiger partial charge in [-0.25, -0.2) is 0 Å². The first-order chi connectivity index (χ1) is 11.2. The minimum absolute atomic E-state index is 0.0350. The van der Waals surface area contributed by atoms with Crippen LogP contribution in [-0.2, 0) is 11.3 Å². The van der Waals surface area contributed by atoms with Crippen LogP contribution in [0.5, 0.6) is 0 Å². The molecule has 3 aromatic rings. The first-order valence-corrected chi connectivity index (χ1v) is 8.41. The molecule has 4 heteroatoms. The third-order valence-corrected chi connectivity index (χ3v) is 5.09. The van der Waals surface area contributed by atoms with Crippen molar-refractivity contribution in [3.05, 3.63) is 77.2 Å². The summed E-state index contributed by atoms with van der Waals surface area (Å²) in [4.78, 5) is 15.5. The van der Waals surface area contributed by atoms with Gasteiger partial charge >= 0.3 is 0 Å². The predicted molar refractivity (Wildman–Crippen MR) is 94.3 cm³/mol. The molecule has 114 valence electrons. The van der Waals surface area contributed by atoms with Gasteiger partial charge in [0.15, 0.2) is 0 Å². The van der Waals surface area contributed by atoms with Gasteiger partial charge in [-0.2, -0.15) is 0 Å². The number of benzene rings is 2. The number of hydrogen-bond acceptors (Lipinski definition) is 3. The van der Waals surface area contributed by atoms with Crippen LogP contribution in [0, 0.1) is 0 Å². The third kappa shape index (κ3) is 2.46. The quantitative estimate of drug-likeness (QED) is 0.794. The van der Waals surface area contributed by atoms with E-state index in [1.807, 2.05) is 42.5 Å². The van der Waals surface area contributed by atoms with Crippen LogP contribution in [-0.4, -0.2) is 5.91 Å². The topological polar surface area (TPSA) is 46.3 Å². The highest BCUT2D eigenvalue weighted by molar-refractivity contribution is 7.13. The van der Waals surface area contributed by atoms with Crippen molar-refractivity contribution >= 4 is 22.9 Å². The molecule has 0 saturated carbocycles. The van der Waals surface area contributed by atoms with Gasteiger partial charge in [-0.05, 0) is 34.7 Å². The van der Waals surface area contributed by atoms with Crippen molar-refractivity contribution in [1.82, 2.24) is 0 Å². The summed E-state index contributed by atoms with van der Waals surface area (Å²) in [6.07, 6.45) is 0. The van der Waals surface area contributed by atoms with E-state index in [0.29, 0.717) is 6.54 Å². The fourth-order valence-corrected chi connectivity index (χ4v) is 3.72. The Kier molecular flexibility index (Phi) is 3.48. The average molecular weight is 320 g/mol. The molecule has 23 heavy (non-hydrogen) atoms. The molecular weight excluding hydrogens is 304 g/mol. The molecule has 1 atom stereocenters. The summed E-state index contributed by atoms with van der Waals surface area (Å²) >= 11 is 1.69. The highest BCUT2D eigenvalue weighted by atomic mass is 32.1. The Morgan fingerprint density at radius 3 is 2.61 bits per heavy atom. The Bertz CT molecular complexity index is 843. The SMILES string of the molecule is NC1C(=O)N(Cc2ccccc2)c2ccc(-c3cccs3)cc21. The molecule has 1 aromatic heterocycles. The lowest BCUT2D eigenvalue weighted by Gasteiger charge is -2.17. The number of anilines is 1. The van der Waals surface area contributed by atoms with E-state index in [9.17, 15) is 4.79 Å². The molecule has 0 bridgehead atoms. The molecule has 1 amide bonds. The molecule has 3 nitrogen and oxygen atoms in total. The number of carbonyl (C=O) groups is 1. The van der Waals surface area contributed by atoms with E-state index in [-0.39, 0.29) is 5.91 Å². The van der Waals surface area contributed by atoms with E-state index in [1.165, 1.54) is 4.88 Å². The molecule has 2 N–H and O–H groups in total. The second-order valence-electron chi connectivity index (χ2n) is 5.64. The zero-order valence-corrected chi connectivity index (χ0v) is 13.3. The van der Waals surface area contributed by atoms with Crippen LogP contribution >= 0.6 is 11.3 Å². The number of amides is 1. The Morgan fingerprint density at radius 1 is 1.04 bits per heavy atom. The number of nitrogens with zero attached hydrogens (tertiary/aromatic N) is 1. The van der Waals surface area contributed by atoms with E-state index in [1.54, 1.807) is 16.2 Å². The summed E-state index contributed by atoms with van der Waals surface area (Å²) in [6, 6.07) is 19.6. The summed E-state index contributed by atoms with van der Waals surface area (Å²) in [5, 5.41) is 2.05. The van der Waals surface area contributed by atoms with Gasteiger partial charge in [-0.15, -0.1) is 11.3 Å². The Hall–Kier alpha value is -2.43. The zero-order valence-electron chi connectivity index (χ0n) is 12.5. The van der Waals surface area contributed by atoms with Crippen molar-refractivity contribution in [2.45, 2.75) is 12.6 Å². The van der Waals surface area contributed by atoms with Gasteiger partial charge in [0.05, 0.1) is 6.54 Å². The van der Waals surface area contributed by atoms with Crippen molar-refractivity contribution in [3.63, 3.8) is 0 Å². The van der Waals surface area contributed by atoms with Gasteiger partial charge in [-0.1, -0.05) is 42.5 Å². The smallest absolute Gasteiger partial charge is 0.248 e. The van der Waals surface area contributed by atoms with Crippen molar-refractivity contribution < 1.29 is 4.79 Å². The van der Waals surface area contributed by atoms with Gasteiger partial charge < -0.3 is 10.6 Å². The monoisotopic (exact) mass is 320 g/mol. The molecule has 1 aliphatic heterocycles. The highest BCUT2D eigenvalue weighted by Crippen LogP contribution is 2.39. The van der Waals surface area contributed by atoms with Crippen molar-refractivity contribution in [1.29, 1.82) is 0 Å². The van der Waals surface area contributed by atoms with Crippen LogP contribution in [0.15, 0.2) is 66.0 Å². The second-order valence-corrected chi connectivity index (χ2v) is 6.59. The number of thiophene rings is 1. The lowest BCUT2D eigenvalue weighted by molar-refractivity contribution is -0.119. The van der Waals surface area contributed by atoms with Crippen LogP contribution in [0.2, 0.25) is 0 Å². The molecule has 0 saturated heterocycles. The molecule has 2 heterocycles. The van der Waals surface area contributed by atoms with E-state index in [4.69, 9.17) is 5.73 Å². The third-order valence-electron chi connectivity index (χ3n) is 4.17. The second kappa shape index (κ2) is 5.65. The molecule has 0 fully saturated rings. The summed E-state index contributed by atoms with van der Waals surface area (Å²) in [6.45, 7) is 0.554. The van der Waals surface area contributed by atoms with Crippen LogP contribution in [0.4, 0.5) is 5.69 Å². The van der Waals surface area contributed by atoms with Crippen LogP contribution in [0.25, 0.3) is 10.4 Å². The van der Waals surface area contributed by atoms with Gasteiger partial charge in [0.2, 0.25) is 5.91 Å². The standard InChI is InChI=1S/C19H16N2OS/c20-18-15-11-14(17-7-4-10-23-17)8-9-16(15)21(19(18)22)12-13-5-2-1-3-6-13/h1-11,18H,12,20H2. The Morgan fingerprint density at radius 2 is 1.87 bits per heavy atom. The maximum atomic E-state index is 12.6. The van der Waals surface area contributed by atoms with Crippen molar-refractivity contribution in [2.75, 3.05) is 4.90 Å². The fraction of sp³-hybridized carbons (Fsp3) is 0.105. The maximum absolute atomic E-state index is 12.6. The highest BCUT2D eigenvalue weighted by Gasteiger charge is 2.34. The number of carbonyl (C=O) groups excluding carboxylic acids is 1. The largest absolute Gasteiger partial charge is 0.316 e. The van der Waals surface area contributed by atoms with Crippen molar-refractivity contribution in [3.8, 4) is 10.4 Å². The zero-order chi connectivity index (χ0) is 15.8. The molecule has 2 aromatic carbocycles. The first-order valence-electron chi connectivity index (χ1n) is 7.53. The van der Waals surface area contributed by atoms with E-state index >= 15 is 0 Å². The minimum atomic E-state index is -0.575. The van der Waals surface area contributed by atoms with Crippen LogP contribution in [0.1, 0.15) is 17.2 Å². The lowest BCUT2D eigenvalue weighted by Crippen LogP contribution is -2.31. The predicted octanol–water partition coefficient (Wildman–Crippen LogP) is 3.96. The van der Waals surface area contributed by atoms with Gasteiger partial charge in [0.1, 0.15) is 6.04 Å². The number of fused-ring (bicyclic) bond motifs is 1. The van der Waals surface area contributed by atoms with Crippen molar-refractivity contribution in [2.24, 2.45) is 5.73 Å². The lowest BCUT2D eigenvalue weighted by atomic mass is 10.0. The average Bonchev–Trinajstić information content (AvgIpc) is 3.20. The van der Waals surface area contributed by atoms with Gasteiger partial charge in [0.25, 0.3) is 0 Å². The van der Waals surface area contributed by atoms with Crippen LogP contribution < -0.4 is 10.6 Å². The minimum Gasteiger partial charge on any atom is -0.316 e. The van der Waals surface area contributed by atoms with Gasteiger partial charge in [-0.3, -0.25) is 4.79 Å². The molecule has 0 radical (unpaired) electrons. The Labute approximate surface area is 139 Å². The van der Waals surface area contributed by atoms with E-state index < -0.39 is 6.04 Å².